The highest BCUT2D eigenvalue weighted by atomic mass is 19.4. The topological polar surface area (TPSA) is 21.3 Å². The van der Waals surface area contributed by atoms with Crippen LogP contribution >= 0.6 is 0 Å². The summed E-state index contributed by atoms with van der Waals surface area (Å²) in [6.45, 7) is 0.740. The summed E-state index contributed by atoms with van der Waals surface area (Å²) in [4.78, 5) is 0. The zero-order chi connectivity index (χ0) is 13.9. The maximum absolute atomic E-state index is 14.2. The Morgan fingerprint density at radius 3 is 2.68 bits per heavy atom. The van der Waals surface area contributed by atoms with Crippen molar-refractivity contribution in [1.29, 1.82) is 0 Å². The van der Waals surface area contributed by atoms with E-state index in [9.17, 15) is 17.6 Å². The second kappa shape index (κ2) is 5.77. The van der Waals surface area contributed by atoms with Crippen LogP contribution in [-0.4, -0.2) is 18.9 Å². The Kier molecular flexibility index (Phi) is 4.29. The second-order valence-corrected chi connectivity index (χ2v) is 4.58. The zero-order valence-corrected chi connectivity index (χ0v) is 10.2. The highest BCUT2D eigenvalue weighted by molar-refractivity contribution is 5.30. The van der Waals surface area contributed by atoms with Crippen molar-refractivity contribution in [2.24, 2.45) is 0 Å². The standard InChI is InChI=1S/C13H15F4NO/c14-12(11-6-1-2-7-18-11)9-4-3-5-10(8-9)19-13(15,16)17/h3-5,8,11-12,18H,1-2,6-7H2. The summed E-state index contributed by atoms with van der Waals surface area (Å²) in [7, 11) is 0. The third kappa shape index (κ3) is 4.09. The molecule has 2 nitrogen and oxygen atoms in total. The summed E-state index contributed by atoms with van der Waals surface area (Å²) in [5, 5.41) is 3.05. The third-order valence-electron chi connectivity index (χ3n) is 3.11. The number of benzene rings is 1. The Bertz CT molecular complexity index is 415. The van der Waals surface area contributed by atoms with Crippen LogP contribution in [0.4, 0.5) is 17.6 Å². The van der Waals surface area contributed by atoms with Crippen LogP contribution in [0.5, 0.6) is 5.75 Å². The zero-order valence-electron chi connectivity index (χ0n) is 10.2. The van der Waals surface area contributed by atoms with Crippen molar-refractivity contribution in [2.45, 2.75) is 37.8 Å². The number of rotatable bonds is 3. The van der Waals surface area contributed by atoms with E-state index in [2.05, 4.69) is 10.1 Å². The molecule has 19 heavy (non-hydrogen) atoms. The fourth-order valence-corrected chi connectivity index (χ4v) is 2.24. The minimum atomic E-state index is -4.76. The maximum Gasteiger partial charge on any atom is 0.573 e. The van der Waals surface area contributed by atoms with E-state index in [0.29, 0.717) is 6.42 Å². The summed E-state index contributed by atoms with van der Waals surface area (Å²) in [5.41, 5.74) is 0.209. The van der Waals surface area contributed by atoms with Gasteiger partial charge in [0.2, 0.25) is 0 Å². The van der Waals surface area contributed by atoms with Crippen LogP contribution in [0.1, 0.15) is 31.0 Å². The fraction of sp³-hybridized carbons (Fsp3) is 0.538. The lowest BCUT2D eigenvalue weighted by atomic mass is 9.96. The van der Waals surface area contributed by atoms with Crippen molar-refractivity contribution >= 4 is 0 Å². The van der Waals surface area contributed by atoms with Gasteiger partial charge in [-0.15, -0.1) is 13.2 Å². The minimum absolute atomic E-state index is 0.209. The molecule has 2 rings (SSSR count). The van der Waals surface area contributed by atoms with Gasteiger partial charge in [0.15, 0.2) is 0 Å². The SMILES string of the molecule is FC(c1cccc(OC(F)(F)F)c1)C1CCCCN1. The normalized spacial score (nSPS) is 22.0. The van der Waals surface area contributed by atoms with E-state index in [1.54, 1.807) is 0 Å². The van der Waals surface area contributed by atoms with Gasteiger partial charge >= 0.3 is 6.36 Å². The average Bonchev–Trinajstić information content (AvgIpc) is 2.37. The number of nitrogens with one attached hydrogen (secondary N) is 1. The van der Waals surface area contributed by atoms with Crippen LogP contribution in [0, 0.1) is 0 Å². The molecular formula is C13H15F4NO. The van der Waals surface area contributed by atoms with Gasteiger partial charge in [0.05, 0.1) is 0 Å². The van der Waals surface area contributed by atoms with Crippen LogP contribution in [0.2, 0.25) is 0 Å². The van der Waals surface area contributed by atoms with Gasteiger partial charge in [-0.1, -0.05) is 18.6 Å². The Labute approximate surface area is 108 Å². The molecule has 0 saturated carbocycles. The number of ether oxygens (including phenoxy) is 1. The van der Waals surface area contributed by atoms with Crippen molar-refractivity contribution < 1.29 is 22.3 Å². The summed E-state index contributed by atoms with van der Waals surface area (Å²) in [6.07, 6.45) is -3.46. The third-order valence-corrected chi connectivity index (χ3v) is 3.11. The summed E-state index contributed by atoms with van der Waals surface area (Å²) >= 11 is 0. The molecule has 1 aromatic carbocycles. The minimum Gasteiger partial charge on any atom is -0.406 e. The fourth-order valence-electron chi connectivity index (χ4n) is 2.24. The number of hydrogen-bond acceptors (Lipinski definition) is 2. The first-order chi connectivity index (χ1) is 8.96. The summed E-state index contributed by atoms with van der Waals surface area (Å²) in [5.74, 6) is -0.386. The van der Waals surface area contributed by atoms with Crippen molar-refractivity contribution in [2.75, 3.05) is 6.54 Å². The van der Waals surface area contributed by atoms with Crippen LogP contribution in [-0.2, 0) is 0 Å². The van der Waals surface area contributed by atoms with E-state index in [4.69, 9.17) is 0 Å². The lowest BCUT2D eigenvalue weighted by molar-refractivity contribution is -0.274. The quantitative estimate of drug-likeness (QED) is 0.850. The Balaban J connectivity index is 2.09. The molecule has 1 aliphatic rings. The number of piperidine rings is 1. The molecule has 1 aromatic rings. The Hall–Kier alpha value is -1.30. The van der Waals surface area contributed by atoms with E-state index < -0.39 is 12.5 Å². The van der Waals surface area contributed by atoms with Gasteiger partial charge in [-0.05, 0) is 37.1 Å². The van der Waals surface area contributed by atoms with Crippen molar-refractivity contribution in [3.8, 4) is 5.75 Å². The number of halogens is 4. The van der Waals surface area contributed by atoms with E-state index in [-0.39, 0.29) is 17.4 Å². The first-order valence-electron chi connectivity index (χ1n) is 6.19. The molecule has 2 unspecified atom stereocenters. The molecule has 106 valence electrons. The molecule has 1 fully saturated rings. The molecule has 0 amide bonds. The van der Waals surface area contributed by atoms with E-state index in [0.717, 1.165) is 31.5 Å². The highest BCUT2D eigenvalue weighted by Gasteiger charge is 2.31. The van der Waals surface area contributed by atoms with Gasteiger partial charge in [0.1, 0.15) is 11.9 Å². The van der Waals surface area contributed by atoms with Gasteiger partial charge in [0.25, 0.3) is 0 Å². The molecule has 1 aliphatic heterocycles. The Morgan fingerprint density at radius 2 is 2.05 bits per heavy atom. The monoisotopic (exact) mass is 277 g/mol. The molecule has 0 aromatic heterocycles. The summed E-state index contributed by atoms with van der Waals surface area (Å²) in [6, 6.07) is 4.78. The smallest absolute Gasteiger partial charge is 0.406 e. The van der Waals surface area contributed by atoms with Gasteiger partial charge in [0, 0.05) is 6.04 Å². The van der Waals surface area contributed by atoms with E-state index in [1.165, 1.54) is 12.1 Å². The van der Waals surface area contributed by atoms with E-state index in [1.807, 2.05) is 0 Å². The molecule has 0 spiro atoms. The maximum atomic E-state index is 14.2. The van der Waals surface area contributed by atoms with Crippen LogP contribution in [0.3, 0.4) is 0 Å². The van der Waals surface area contributed by atoms with E-state index >= 15 is 0 Å². The molecule has 0 bridgehead atoms. The average molecular weight is 277 g/mol. The molecule has 6 heteroatoms. The Morgan fingerprint density at radius 1 is 1.26 bits per heavy atom. The predicted molar refractivity (Wildman–Crippen MR) is 62.6 cm³/mol. The van der Waals surface area contributed by atoms with Crippen LogP contribution in [0.25, 0.3) is 0 Å². The van der Waals surface area contributed by atoms with Gasteiger partial charge in [-0.25, -0.2) is 4.39 Å². The number of hydrogen-bond donors (Lipinski definition) is 1. The lowest BCUT2D eigenvalue weighted by Gasteiger charge is -2.27. The summed E-state index contributed by atoms with van der Waals surface area (Å²) < 4.78 is 54.3. The van der Waals surface area contributed by atoms with Crippen molar-refractivity contribution in [3.63, 3.8) is 0 Å². The highest BCUT2D eigenvalue weighted by Crippen LogP contribution is 2.30. The van der Waals surface area contributed by atoms with Crippen LogP contribution < -0.4 is 10.1 Å². The molecule has 0 aliphatic carbocycles. The van der Waals surface area contributed by atoms with Crippen molar-refractivity contribution in [1.82, 2.24) is 5.32 Å². The van der Waals surface area contributed by atoms with Gasteiger partial charge in [-0.2, -0.15) is 0 Å². The molecular weight excluding hydrogens is 262 g/mol. The lowest BCUT2D eigenvalue weighted by Crippen LogP contribution is -2.37. The molecule has 1 saturated heterocycles. The molecule has 1 heterocycles. The van der Waals surface area contributed by atoms with Crippen molar-refractivity contribution in [3.05, 3.63) is 29.8 Å². The number of alkyl halides is 4. The predicted octanol–water partition coefficient (Wildman–Crippen LogP) is 3.74. The first kappa shape index (κ1) is 14.1. The molecule has 0 radical (unpaired) electrons. The molecule has 1 N–H and O–H groups in total. The van der Waals surface area contributed by atoms with Gasteiger partial charge < -0.3 is 10.1 Å². The first-order valence-corrected chi connectivity index (χ1v) is 6.19. The largest absolute Gasteiger partial charge is 0.573 e. The second-order valence-electron chi connectivity index (χ2n) is 4.58. The molecule has 2 atom stereocenters. The van der Waals surface area contributed by atoms with Crippen LogP contribution in [0.15, 0.2) is 24.3 Å². The van der Waals surface area contributed by atoms with Gasteiger partial charge in [-0.3, -0.25) is 0 Å².